The fraction of sp³-hybridized carbons (Fsp3) is 0.400. The lowest BCUT2D eigenvalue weighted by molar-refractivity contribution is -0.245. The van der Waals surface area contributed by atoms with Gasteiger partial charge in [-0.05, 0) is 37.1 Å². The maximum absolute atomic E-state index is 6.29. The zero-order valence-electron chi connectivity index (χ0n) is 14.2. The van der Waals surface area contributed by atoms with Crippen LogP contribution in [0.1, 0.15) is 26.7 Å². The predicted molar refractivity (Wildman–Crippen MR) is 92.1 cm³/mol. The van der Waals surface area contributed by atoms with E-state index in [2.05, 4.69) is 13.8 Å². The van der Waals surface area contributed by atoms with Crippen LogP contribution in [0.5, 0.6) is 11.5 Å². The van der Waals surface area contributed by atoms with Crippen molar-refractivity contribution in [3.8, 4) is 11.5 Å². The number of rotatable bonds is 7. The summed E-state index contributed by atoms with van der Waals surface area (Å²) < 4.78 is 24.4. The molecule has 4 heteroatoms. The zero-order chi connectivity index (χ0) is 16.9. The molecule has 4 nitrogen and oxygen atoms in total. The van der Waals surface area contributed by atoms with E-state index < -0.39 is 11.6 Å². The Bertz CT molecular complexity index is 625. The molecule has 3 rings (SSSR count). The molecule has 0 aromatic heterocycles. The van der Waals surface area contributed by atoms with Gasteiger partial charge < -0.3 is 18.9 Å². The topological polar surface area (TPSA) is 36.9 Å². The zero-order valence-corrected chi connectivity index (χ0v) is 14.2. The van der Waals surface area contributed by atoms with Crippen LogP contribution >= 0.6 is 0 Å². The minimum Gasteiger partial charge on any atom is -0.487 e. The van der Waals surface area contributed by atoms with Crippen molar-refractivity contribution in [3.05, 3.63) is 60.7 Å². The molecule has 2 aromatic carbocycles. The predicted octanol–water partition coefficient (Wildman–Crippen LogP) is 4.40. The Balaban J connectivity index is 1.79. The van der Waals surface area contributed by atoms with E-state index in [1.54, 1.807) is 0 Å². The fourth-order valence-electron chi connectivity index (χ4n) is 2.80. The normalized spacial score (nSPS) is 22.2. The van der Waals surface area contributed by atoms with Gasteiger partial charge in [0.2, 0.25) is 0 Å². The molecule has 2 aromatic rings. The van der Waals surface area contributed by atoms with Gasteiger partial charge in [0, 0.05) is 0 Å². The quantitative estimate of drug-likeness (QED) is 0.755. The van der Waals surface area contributed by atoms with E-state index in [0.29, 0.717) is 6.61 Å². The molecule has 1 aliphatic rings. The van der Waals surface area contributed by atoms with E-state index in [1.165, 1.54) is 0 Å². The molecule has 0 aliphatic carbocycles. The summed E-state index contributed by atoms with van der Waals surface area (Å²) in [6.45, 7) is 4.70. The molecule has 24 heavy (non-hydrogen) atoms. The van der Waals surface area contributed by atoms with E-state index in [-0.39, 0.29) is 6.61 Å². The fourth-order valence-corrected chi connectivity index (χ4v) is 2.80. The highest BCUT2D eigenvalue weighted by Gasteiger charge is 2.51. The van der Waals surface area contributed by atoms with E-state index in [4.69, 9.17) is 18.9 Å². The van der Waals surface area contributed by atoms with Gasteiger partial charge in [0.1, 0.15) is 18.1 Å². The molecule has 0 radical (unpaired) electrons. The Labute approximate surface area is 143 Å². The summed E-state index contributed by atoms with van der Waals surface area (Å²) in [4.78, 5) is 0. The molecule has 1 heterocycles. The number of hydrogen-bond donors (Lipinski definition) is 0. The molecule has 0 spiro atoms. The number of hydrogen-bond acceptors (Lipinski definition) is 4. The second kappa shape index (κ2) is 7.24. The highest BCUT2D eigenvalue weighted by molar-refractivity contribution is 5.23. The molecule has 1 aliphatic heterocycles. The molecule has 0 bridgehead atoms. The van der Waals surface area contributed by atoms with Gasteiger partial charge in [0.25, 0.3) is 5.79 Å². The monoisotopic (exact) mass is 328 g/mol. The summed E-state index contributed by atoms with van der Waals surface area (Å²) in [5.74, 6) is -0.0543. The number of ether oxygens (including phenoxy) is 4. The lowest BCUT2D eigenvalue weighted by Crippen LogP contribution is -2.46. The third-order valence-corrected chi connectivity index (χ3v) is 4.25. The van der Waals surface area contributed by atoms with Crippen LogP contribution in [0.15, 0.2) is 60.7 Å². The Morgan fingerprint density at radius 1 is 0.875 bits per heavy atom. The van der Waals surface area contributed by atoms with Crippen LogP contribution in [0.3, 0.4) is 0 Å². The summed E-state index contributed by atoms with van der Waals surface area (Å²) in [6.07, 6.45) is 1.52. The van der Waals surface area contributed by atoms with Crippen molar-refractivity contribution in [2.24, 2.45) is 0 Å². The highest BCUT2D eigenvalue weighted by atomic mass is 16.8. The Hall–Kier alpha value is -2.04. The van der Waals surface area contributed by atoms with E-state index >= 15 is 0 Å². The molecule has 1 unspecified atom stereocenters. The van der Waals surface area contributed by atoms with Crippen LogP contribution in [0.25, 0.3) is 0 Å². The van der Waals surface area contributed by atoms with Gasteiger partial charge in [-0.15, -0.1) is 0 Å². The summed E-state index contributed by atoms with van der Waals surface area (Å²) >= 11 is 0. The Morgan fingerprint density at radius 2 is 1.46 bits per heavy atom. The first kappa shape index (κ1) is 16.8. The third-order valence-electron chi connectivity index (χ3n) is 4.25. The first-order valence-electron chi connectivity index (χ1n) is 8.45. The molecule has 0 saturated carbocycles. The largest absolute Gasteiger partial charge is 0.487 e. The van der Waals surface area contributed by atoms with Crippen molar-refractivity contribution in [3.63, 3.8) is 0 Å². The summed E-state index contributed by atoms with van der Waals surface area (Å²) in [5, 5.41) is 0. The van der Waals surface area contributed by atoms with Crippen LogP contribution in [0.4, 0.5) is 0 Å². The summed E-state index contributed by atoms with van der Waals surface area (Å²) in [5.41, 5.74) is 0. The van der Waals surface area contributed by atoms with Gasteiger partial charge in [-0.2, -0.15) is 0 Å². The summed E-state index contributed by atoms with van der Waals surface area (Å²) in [7, 11) is 0. The SMILES string of the molecule is CCC1(CC)OCC(COc2ccccc2)(Oc2ccccc2)O1. The maximum atomic E-state index is 6.29. The first-order chi connectivity index (χ1) is 11.7. The third kappa shape index (κ3) is 3.71. The second-order valence-corrected chi connectivity index (χ2v) is 5.94. The van der Waals surface area contributed by atoms with Crippen LogP contribution in [0, 0.1) is 0 Å². The molecular formula is C20H24O4. The van der Waals surface area contributed by atoms with Crippen LogP contribution < -0.4 is 9.47 Å². The maximum Gasteiger partial charge on any atom is 0.270 e. The van der Waals surface area contributed by atoms with Gasteiger partial charge in [-0.25, -0.2) is 0 Å². The minimum absolute atomic E-state index is 0.258. The van der Waals surface area contributed by atoms with Crippen molar-refractivity contribution in [2.45, 2.75) is 38.3 Å². The van der Waals surface area contributed by atoms with E-state index in [1.807, 2.05) is 60.7 Å². The standard InChI is InChI=1S/C20H24O4/c1-3-19(4-2)22-16-20(24-19,23-18-13-9-6-10-14-18)15-21-17-11-7-5-8-12-17/h5-14H,3-4,15-16H2,1-2H3. The molecule has 1 atom stereocenters. The highest BCUT2D eigenvalue weighted by Crippen LogP contribution is 2.38. The van der Waals surface area contributed by atoms with Gasteiger partial charge in [0.05, 0.1) is 0 Å². The molecular weight excluding hydrogens is 304 g/mol. The Morgan fingerprint density at radius 3 is 2.00 bits per heavy atom. The molecule has 128 valence electrons. The lowest BCUT2D eigenvalue weighted by atomic mass is 10.1. The smallest absolute Gasteiger partial charge is 0.270 e. The average Bonchev–Trinajstić information content (AvgIpc) is 3.02. The van der Waals surface area contributed by atoms with Gasteiger partial charge in [-0.1, -0.05) is 50.2 Å². The van der Waals surface area contributed by atoms with Crippen LogP contribution in [0.2, 0.25) is 0 Å². The number of benzene rings is 2. The molecule has 1 saturated heterocycles. The Kier molecular flexibility index (Phi) is 5.07. The van der Waals surface area contributed by atoms with Crippen molar-refractivity contribution >= 4 is 0 Å². The van der Waals surface area contributed by atoms with Crippen molar-refractivity contribution in [1.29, 1.82) is 0 Å². The van der Waals surface area contributed by atoms with Gasteiger partial charge in [0.15, 0.2) is 12.4 Å². The summed E-state index contributed by atoms with van der Waals surface area (Å²) in [6, 6.07) is 19.3. The first-order valence-corrected chi connectivity index (χ1v) is 8.45. The van der Waals surface area contributed by atoms with Crippen molar-refractivity contribution in [1.82, 2.24) is 0 Å². The van der Waals surface area contributed by atoms with Gasteiger partial charge in [-0.3, -0.25) is 0 Å². The molecule has 1 fully saturated rings. The van der Waals surface area contributed by atoms with E-state index in [0.717, 1.165) is 24.3 Å². The second-order valence-electron chi connectivity index (χ2n) is 5.94. The molecule has 0 N–H and O–H groups in total. The van der Waals surface area contributed by atoms with Crippen molar-refractivity contribution in [2.75, 3.05) is 13.2 Å². The minimum atomic E-state index is -0.955. The van der Waals surface area contributed by atoms with E-state index in [9.17, 15) is 0 Å². The van der Waals surface area contributed by atoms with Crippen molar-refractivity contribution < 1.29 is 18.9 Å². The van der Waals surface area contributed by atoms with Gasteiger partial charge >= 0.3 is 0 Å². The number of para-hydroxylation sites is 2. The lowest BCUT2D eigenvalue weighted by Gasteiger charge is -2.31. The van der Waals surface area contributed by atoms with Crippen LogP contribution in [-0.4, -0.2) is 24.8 Å². The molecule has 0 amide bonds. The van der Waals surface area contributed by atoms with Crippen LogP contribution in [-0.2, 0) is 9.47 Å². The average molecular weight is 328 g/mol.